The van der Waals surface area contributed by atoms with Gasteiger partial charge in [-0.05, 0) is 45.6 Å². The Morgan fingerprint density at radius 3 is 2.74 bits per heavy atom. The van der Waals surface area contributed by atoms with E-state index < -0.39 is 5.91 Å². The summed E-state index contributed by atoms with van der Waals surface area (Å²) >= 11 is 4.82. The average Bonchev–Trinajstić information content (AvgIpc) is 2.91. The summed E-state index contributed by atoms with van der Waals surface area (Å²) in [4.78, 5) is 12.9. The molecule has 1 N–H and O–H groups in total. The maximum Gasteiger partial charge on any atom is 0.266 e. The second kappa shape index (κ2) is 6.32. The third kappa shape index (κ3) is 3.53. The zero-order chi connectivity index (χ0) is 13.7. The SMILES string of the molecule is N#C/C(=C/c1cccs1)C(=O)Nc1ccccc1Br. The van der Waals surface area contributed by atoms with Crippen LogP contribution in [0.4, 0.5) is 5.69 Å². The molecule has 0 atom stereocenters. The molecule has 0 aliphatic heterocycles. The molecule has 3 nitrogen and oxygen atoms in total. The van der Waals surface area contributed by atoms with Crippen LogP contribution in [0.25, 0.3) is 6.08 Å². The summed E-state index contributed by atoms with van der Waals surface area (Å²) in [6, 6.07) is 12.9. The van der Waals surface area contributed by atoms with Crippen LogP contribution >= 0.6 is 27.3 Å². The lowest BCUT2D eigenvalue weighted by Crippen LogP contribution is -2.13. The Morgan fingerprint density at radius 1 is 1.32 bits per heavy atom. The van der Waals surface area contributed by atoms with Crippen LogP contribution in [0.2, 0.25) is 0 Å². The molecule has 1 heterocycles. The van der Waals surface area contributed by atoms with E-state index in [1.54, 1.807) is 12.1 Å². The molecule has 0 saturated carbocycles. The molecule has 0 fully saturated rings. The second-order valence-electron chi connectivity index (χ2n) is 3.62. The molecule has 1 amide bonds. The first-order valence-electron chi connectivity index (χ1n) is 5.42. The van der Waals surface area contributed by atoms with Crippen LogP contribution in [0.1, 0.15) is 4.88 Å². The Balaban J connectivity index is 2.19. The van der Waals surface area contributed by atoms with Crippen molar-refractivity contribution in [3.05, 3.63) is 56.7 Å². The molecule has 0 saturated heterocycles. The highest BCUT2D eigenvalue weighted by atomic mass is 79.9. The maximum absolute atomic E-state index is 12.0. The van der Waals surface area contributed by atoms with Crippen LogP contribution < -0.4 is 5.32 Å². The summed E-state index contributed by atoms with van der Waals surface area (Å²) in [5, 5.41) is 13.7. The monoisotopic (exact) mass is 332 g/mol. The Bertz CT molecular complexity index is 656. The molecular weight excluding hydrogens is 324 g/mol. The number of amides is 1. The number of nitrogens with zero attached hydrogens (tertiary/aromatic N) is 1. The van der Waals surface area contributed by atoms with Crippen LogP contribution in [0.3, 0.4) is 0 Å². The van der Waals surface area contributed by atoms with Gasteiger partial charge in [-0.15, -0.1) is 11.3 Å². The highest BCUT2D eigenvalue weighted by Gasteiger charge is 2.11. The van der Waals surface area contributed by atoms with Gasteiger partial charge in [0.25, 0.3) is 5.91 Å². The van der Waals surface area contributed by atoms with Gasteiger partial charge in [-0.25, -0.2) is 0 Å². The number of thiophene rings is 1. The van der Waals surface area contributed by atoms with Crippen molar-refractivity contribution in [3.63, 3.8) is 0 Å². The van der Waals surface area contributed by atoms with Gasteiger partial charge in [-0.1, -0.05) is 18.2 Å². The van der Waals surface area contributed by atoms with Crippen LogP contribution in [-0.2, 0) is 4.79 Å². The summed E-state index contributed by atoms with van der Waals surface area (Å²) in [5.41, 5.74) is 0.720. The third-order valence-electron chi connectivity index (χ3n) is 2.32. The summed E-state index contributed by atoms with van der Waals surface area (Å²) in [5.74, 6) is -0.414. The third-order valence-corrected chi connectivity index (χ3v) is 3.83. The summed E-state index contributed by atoms with van der Waals surface area (Å²) in [6.45, 7) is 0. The lowest BCUT2D eigenvalue weighted by atomic mass is 10.2. The Kier molecular flexibility index (Phi) is 4.50. The summed E-state index contributed by atoms with van der Waals surface area (Å²) < 4.78 is 0.775. The molecule has 19 heavy (non-hydrogen) atoms. The number of nitrogens with one attached hydrogen (secondary N) is 1. The first kappa shape index (κ1) is 13.5. The molecule has 0 bridgehead atoms. The van der Waals surface area contributed by atoms with Gasteiger partial charge in [0.1, 0.15) is 11.6 Å². The topological polar surface area (TPSA) is 52.9 Å². The number of benzene rings is 1. The van der Waals surface area contributed by atoms with Gasteiger partial charge in [0.2, 0.25) is 0 Å². The Morgan fingerprint density at radius 2 is 2.11 bits per heavy atom. The fourth-order valence-electron chi connectivity index (χ4n) is 1.42. The van der Waals surface area contributed by atoms with E-state index in [4.69, 9.17) is 5.26 Å². The summed E-state index contributed by atoms with van der Waals surface area (Å²) in [6.07, 6.45) is 1.58. The van der Waals surface area contributed by atoms with E-state index in [0.29, 0.717) is 5.69 Å². The van der Waals surface area contributed by atoms with Crippen molar-refractivity contribution < 1.29 is 4.79 Å². The largest absolute Gasteiger partial charge is 0.320 e. The maximum atomic E-state index is 12.0. The first-order chi connectivity index (χ1) is 9.20. The van der Waals surface area contributed by atoms with E-state index in [1.807, 2.05) is 41.8 Å². The molecule has 0 aliphatic carbocycles. The normalized spacial score (nSPS) is 10.8. The van der Waals surface area contributed by atoms with Crippen LogP contribution in [0.15, 0.2) is 51.8 Å². The van der Waals surface area contributed by atoms with Crippen LogP contribution in [-0.4, -0.2) is 5.91 Å². The smallest absolute Gasteiger partial charge is 0.266 e. The quantitative estimate of drug-likeness (QED) is 0.680. The highest BCUT2D eigenvalue weighted by Crippen LogP contribution is 2.22. The number of halogens is 1. The first-order valence-corrected chi connectivity index (χ1v) is 7.09. The number of rotatable bonds is 3. The van der Waals surface area contributed by atoms with E-state index in [-0.39, 0.29) is 5.57 Å². The number of anilines is 1. The lowest BCUT2D eigenvalue weighted by molar-refractivity contribution is -0.112. The molecular formula is C14H9BrN2OS. The minimum absolute atomic E-state index is 0.0817. The highest BCUT2D eigenvalue weighted by molar-refractivity contribution is 9.10. The van der Waals surface area contributed by atoms with E-state index in [1.165, 1.54) is 11.3 Å². The molecule has 0 radical (unpaired) electrons. The Labute approximate surface area is 123 Å². The molecule has 0 aliphatic rings. The predicted molar refractivity (Wildman–Crippen MR) is 80.7 cm³/mol. The number of para-hydroxylation sites is 1. The molecule has 94 valence electrons. The number of carbonyl (C=O) groups excluding carboxylic acids is 1. The van der Waals surface area contributed by atoms with Gasteiger partial charge in [0, 0.05) is 9.35 Å². The zero-order valence-corrected chi connectivity index (χ0v) is 12.2. The molecule has 1 aromatic carbocycles. The fourth-order valence-corrected chi connectivity index (χ4v) is 2.46. The van der Waals surface area contributed by atoms with E-state index in [9.17, 15) is 4.79 Å². The molecule has 2 rings (SSSR count). The lowest BCUT2D eigenvalue weighted by Gasteiger charge is -2.05. The van der Waals surface area contributed by atoms with Gasteiger partial charge in [-0.3, -0.25) is 4.79 Å². The minimum Gasteiger partial charge on any atom is -0.320 e. The molecule has 1 aromatic heterocycles. The van der Waals surface area contributed by atoms with Crippen molar-refractivity contribution in [3.8, 4) is 6.07 Å². The van der Waals surface area contributed by atoms with Crippen molar-refractivity contribution in [2.45, 2.75) is 0 Å². The van der Waals surface area contributed by atoms with Gasteiger partial charge in [0.05, 0.1) is 5.69 Å². The predicted octanol–water partition coefficient (Wildman–Crippen LogP) is 4.06. The van der Waals surface area contributed by atoms with Crippen molar-refractivity contribution in [1.82, 2.24) is 0 Å². The number of nitriles is 1. The van der Waals surface area contributed by atoms with Gasteiger partial charge in [0.15, 0.2) is 0 Å². The number of hydrogen-bond acceptors (Lipinski definition) is 3. The molecule has 5 heteroatoms. The molecule has 0 unspecified atom stereocenters. The number of hydrogen-bond donors (Lipinski definition) is 1. The number of carbonyl (C=O) groups is 1. The van der Waals surface area contributed by atoms with Crippen molar-refractivity contribution in [1.29, 1.82) is 5.26 Å². The van der Waals surface area contributed by atoms with E-state index in [2.05, 4.69) is 21.2 Å². The average molecular weight is 333 g/mol. The summed E-state index contributed by atoms with van der Waals surface area (Å²) in [7, 11) is 0. The molecule has 0 spiro atoms. The second-order valence-corrected chi connectivity index (χ2v) is 5.45. The van der Waals surface area contributed by atoms with Crippen molar-refractivity contribution in [2.24, 2.45) is 0 Å². The van der Waals surface area contributed by atoms with E-state index in [0.717, 1.165) is 9.35 Å². The zero-order valence-electron chi connectivity index (χ0n) is 9.76. The minimum atomic E-state index is -0.414. The van der Waals surface area contributed by atoms with Gasteiger partial charge >= 0.3 is 0 Å². The van der Waals surface area contributed by atoms with Gasteiger partial charge < -0.3 is 5.32 Å². The van der Waals surface area contributed by atoms with Crippen molar-refractivity contribution >= 4 is 44.9 Å². The van der Waals surface area contributed by atoms with Crippen LogP contribution in [0, 0.1) is 11.3 Å². The Hall–Kier alpha value is -1.90. The fraction of sp³-hybridized carbons (Fsp3) is 0. The van der Waals surface area contributed by atoms with Crippen LogP contribution in [0.5, 0.6) is 0 Å². The van der Waals surface area contributed by atoms with E-state index >= 15 is 0 Å². The van der Waals surface area contributed by atoms with Crippen molar-refractivity contribution in [2.75, 3.05) is 5.32 Å². The molecule has 2 aromatic rings. The van der Waals surface area contributed by atoms with Gasteiger partial charge in [-0.2, -0.15) is 5.26 Å². The standard InChI is InChI=1S/C14H9BrN2OS/c15-12-5-1-2-6-13(12)17-14(18)10(9-16)8-11-4-3-7-19-11/h1-8H,(H,17,18)/b10-8-.